The molecule has 1 saturated carbocycles. The normalized spacial score (nSPS) is 46.5. The zero-order valence-corrected chi connectivity index (χ0v) is 7.99. The number of hydrogen-bond donors (Lipinski definition) is 0. The van der Waals surface area contributed by atoms with Crippen molar-refractivity contribution in [1.29, 1.82) is 0 Å². The first kappa shape index (κ1) is 8.15. The smallest absolute Gasteiger partial charge is 0.101 e. The lowest BCUT2D eigenvalue weighted by molar-refractivity contribution is 0.00325. The third-order valence-electron chi connectivity index (χ3n) is 3.42. The molecule has 0 bridgehead atoms. The van der Waals surface area contributed by atoms with Gasteiger partial charge in [0.25, 0.3) is 0 Å². The molecule has 1 aliphatic carbocycles. The summed E-state index contributed by atoms with van der Waals surface area (Å²) in [7, 11) is 0. The van der Waals surface area contributed by atoms with Gasteiger partial charge in [0.2, 0.25) is 0 Å². The van der Waals surface area contributed by atoms with Crippen LogP contribution in [0.25, 0.3) is 0 Å². The molecule has 12 heavy (non-hydrogen) atoms. The highest BCUT2D eigenvalue weighted by molar-refractivity contribution is 4.96. The van der Waals surface area contributed by atoms with Crippen molar-refractivity contribution in [3.63, 3.8) is 0 Å². The van der Waals surface area contributed by atoms with Gasteiger partial charge in [-0.05, 0) is 30.8 Å². The monoisotopic (exact) mass is 166 g/mol. The number of ether oxygens (including phenoxy) is 1. The molecule has 4 unspecified atom stereocenters. The van der Waals surface area contributed by atoms with Crippen LogP contribution in [0.4, 0.5) is 0 Å². The highest BCUT2D eigenvalue weighted by atomic mass is 16.5. The number of hydrogen-bond acceptors (Lipinski definition) is 1. The van der Waals surface area contributed by atoms with Crippen molar-refractivity contribution in [3.8, 4) is 0 Å². The van der Waals surface area contributed by atoms with Gasteiger partial charge in [0.05, 0.1) is 6.26 Å². The van der Waals surface area contributed by atoms with Gasteiger partial charge in [0.1, 0.15) is 6.10 Å². The minimum atomic E-state index is 0.522. The first-order chi connectivity index (χ1) is 5.77. The van der Waals surface area contributed by atoms with Crippen LogP contribution >= 0.6 is 0 Å². The van der Waals surface area contributed by atoms with Crippen LogP contribution in [0.5, 0.6) is 0 Å². The van der Waals surface area contributed by atoms with E-state index in [2.05, 4.69) is 19.9 Å². The largest absolute Gasteiger partial charge is 0.498 e. The van der Waals surface area contributed by atoms with Gasteiger partial charge in [-0.15, -0.1) is 0 Å². The second-order valence-corrected chi connectivity index (χ2v) is 4.44. The standard InChI is InChI=1S/C11H18O/c1-8-3-4-10-9(2)5-6-12-11(10)7-8/h5-6,8-11H,3-4,7H2,1-2H3. The lowest BCUT2D eigenvalue weighted by Crippen LogP contribution is -2.35. The van der Waals surface area contributed by atoms with Crippen molar-refractivity contribution in [2.75, 3.05) is 0 Å². The van der Waals surface area contributed by atoms with E-state index in [9.17, 15) is 0 Å². The molecule has 1 aliphatic heterocycles. The van der Waals surface area contributed by atoms with Crippen molar-refractivity contribution in [3.05, 3.63) is 12.3 Å². The van der Waals surface area contributed by atoms with Crippen LogP contribution in [0.2, 0.25) is 0 Å². The molecule has 0 aromatic carbocycles. The van der Waals surface area contributed by atoms with Gasteiger partial charge in [-0.2, -0.15) is 0 Å². The molecule has 0 aromatic rings. The van der Waals surface area contributed by atoms with Crippen molar-refractivity contribution < 1.29 is 4.74 Å². The Kier molecular flexibility index (Phi) is 2.12. The minimum absolute atomic E-state index is 0.522. The molecular weight excluding hydrogens is 148 g/mol. The second kappa shape index (κ2) is 3.12. The quantitative estimate of drug-likeness (QED) is 0.537. The Hall–Kier alpha value is -0.460. The topological polar surface area (TPSA) is 9.23 Å². The summed E-state index contributed by atoms with van der Waals surface area (Å²) in [5.74, 6) is 2.40. The average Bonchev–Trinajstić information content (AvgIpc) is 2.04. The molecule has 0 radical (unpaired) electrons. The van der Waals surface area contributed by atoms with E-state index in [1.165, 1.54) is 19.3 Å². The fourth-order valence-electron chi connectivity index (χ4n) is 2.52. The second-order valence-electron chi connectivity index (χ2n) is 4.44. The molecule has 0 N–H and O–H groups in total. The summed E-state index contributed by atoms with van der Waals surface area (Å²) < 4.78 is 5.64. The van der Waals surface area contributed by atoms with Crippen molar-refractivity contribution in [2.24, 2.45) is 17.8 Å². The summed E-state index contributed by atoms with van der Waals surface area (Å²) >= 11 is 0. The van der Waals surface area contributed by atoms with Crippen LogP contribution in [-0.4, -0.2) is 6.10 Å². The number of fused-ring (bicyclic) bond motifs is 1. The number of allylic oxidation sites excluding steroid dienone is 1. The van der Waals surface area contributed by atoms with Crippen LogP contribution in [0.3, 0.4) is 0 Å². The Labute approximate surface area is 74.8 Å². The third-order valence-corrected chi connectivity index (χ3v) is 3.42. The Morgan fingerprint density at radius 1 is 1.25 bits per heavy atom. The first-order valence-corrected chi connectivity index (χ1v) is 5.09. The zero-order valence-electron chi connectivity index (χ0n) is 7.99. The van der Waals surface area contributed by atoms with Crippen LogP contribution < -0.4 is 0 Å². The molecule has 2 rings (SSSR count). The van der Waals surface area contributed by atoms with E-state index in [0.717, 1.165) is 17.8 Å². The van der Waals surface area contributed by atoms with Gasteiger partial charge < -0.3 is 4.74 Å². The van der Waals surface area contributed by atoms with Gasteiger partial charge in [-0.1, -0.05) is 20.3 Å². The Morgan fingerprint density at radius 3 is 2.92 bits per heavy atom. The summed E-state index contributed by atoms with van der Waals surface area (Å²) in [6.45, 7) is 4.65. The molecule has 1 heterocycles. The molecule has 0 spiro atoms. The highest BCUT2D eigenvalue weighted by Crippen LogP contribution is 2.38. The van der Waals surface area contributed by atoms with Crippen LogP contribution in [0, 0.1) is 17.8 Å². The van der Waals surface area contributed by atoms with Crippen molar-refractivity contribution in [2.45, 2.75) is 39.2 Å². The molecule has 0 aromatic heterocycles. The Balaban J connectivity index is 2.06. The van der Waals surface area contributed by atoms with Crippen LogP contribution in [0.1, 0.15) is 33.1 Å². The van der Waals surface area contributed by atoms with Gasteiger partial charge >= 0.3 is 0 Å². The van der Waals surface area contributed by atoms with E-state index in [-0.39, 0.29) is 0 Å². The van der Waals surface area contributed by atoms with Gasteiger partial charge in [0.15, 0.2) is 0 Å². The van der Waals surface area contributed by atoms with E-state index in [4.69, 9.17) is 4.74 Å². The summed E-state index contributed by atoms with van der Waals surface area (Å²) in [6.07, 6.45) is 8.65. The molecule has 1 heteroatoms. The van der Waals surface area contributed by atoms with Crippen LogP contribution in [-0.2, 0) is 4.74 Å². The molecule has 4 atom stereocenters. The molecule has 68 valence electrons. The maximum Gasteiger partial charge on any atom is 0.101 e. The maximum absolute atomic E-state index is 5.64. The van der Waals surface area contributed by atoms with E-state index in [0.29, 0.717) is 6.10 Å². The Bertz CT molecular complexity index is 185. The summed E-state index contributed by atoms with van der Waals surface area (Å²) in [6, 6.07) is 0. The maximum atomic E-state index is 5.64. The number of rotatable bonds is 0. The predicted molar refractivity (Wildman–Crippen MR) is 49.7 cm³/mol. The minimum Gasteiger partial charge on any atom is -0.498 e. The fraction of sp³-hybridized carbons (Fsp3) is 0.818. The van der Waals surface area contributed by atoms with Crippen LogP contribution in [0.15, 0.2) is 12.3 Å². The summed E-state index contributed by atoms with van der Waals surface area (Å²) in [5.41, 5.74) is 0. The molecular formula is C11H18O. The zero-order chi connectivity index (χ0) is 8.55. The lowest BCUT2D eigenvalue weighted by Gasteiger charge is -2.39. The third kappa shape index (κ3) is 1.37. The van der Waals surface area contributed by atoms with Gasteiger partial charge in [0, 0.05) is 5.92 Å². The molecule has 0 amide bonds. The molecule has 1 nitrogen and oxygen atoms in total. The fourth-order valence-corrected chi connectivity index (χ4v) is 2.52. The predicted octanol–water partition coefficient (Wildman–Crippen LogP) is 2.97. The first-order valence-electron chi connectivity index (χ1n) is 5.09. The van der Waals surface area contributed by atoms with E-state index < -0.39 is 0 Å². The Morgan fingerprint density at radius 2 is 2.08 bits per heavy atom. The molecule has 2 aliphatic rings. The summed E-state index contributed by atoms with van der Waals surface area (Å²) in [5, 5.41) is 0. The van der Waals surface area contributed by atoms with E-state index in [1.807, 2.05) is 6.26 Å². The van der Waals surface area contributed by atoms with Crippen molar-refractivity contribution in [1.82, 2.24) is 0 Å². The lowest BCUT2D eigenvalue weighted by atomic mass is 9.74. The van der Waals surface area contributed by atoms with E-state index >= 15 is 0 Å². The van der Waals surface area contributed by atoms with Gasteiger partial charge in [-0.3, -0.25) is 0 Å². The average molecular weight is 166 g/mol. The molecule has 1 fully saturated rings. The highest BCUT2D eigenvalue weighted by Gasteiger charge is 2.34. The SMILES string of the molecule is CC1CCC2C(C)C=COC2C1. The van der Waals surface area contributed by atoms with Gasteiger partial charge in [-0.25, -0.2) is 0 Å². The van der Waals surface area contributed by atoms with E-state index in [1.54, 1.807) is 0 Å². The summed E-state index contributed by atoms with van der Waals surface area (Å²) in [4.78, 5) is 0. The molecule has 0 saturated heterocycles. The van der Waals surface area contributed by atoms with Crippen molar-refractivity contribution >= 4 is 0 Å².